The highest BCUT2D eigenvalue weighted by molar-refractivity contribution is 5.85. The molecule has 0 spiro atoms. The van der Waals surface area contributed by atoms with Crippen LogP contribution in [0.2, 0.25) is 0 Å². The number of aliphatic hydroxyl groups excluding tert-OH is 1. The summed E-state index contributed by atoms with van der Waals surface area (Å²) in [6.07, 6.45) is 4.03. The van der Waals surface area contributed by atoms with Crippen LogP contribution in [0.4, 0.5) is 0 Å². The highest BCUT2D eigenvalue weighted by Gasteiger charge is 2.30. The molecule has 1 fully saturated rings. The van der Waals surface area contributed by atoms with E-state index in [0.29, 0.717) is 12.5 Å². The third kappa shape index (κ3) is 4.50. The number of hydrogen-bond acceptors (Lipinski definition) is 3. The molecule has 2 aromatic carbocycles. The summed E-state index contributed by atoms with van der Waals surface area (Å²) in [6, 6.07) is 17.5. The molecule has 130 valence electrons. The van der Waals surface area contributed by atoms with Crippen molar-refractivity contribution in [3.05, 3.63) is 65.7 Å². The fourth-order valence-corrected chi connectivity index (χ4v) is 3.40. The largest absolute Gasteiger partial charge is 0.489 e. The molecule has 0 saturated heterocycles. The summed E-state index contributed by atoms with van der Waals surface area (Å²) >= 11 is 0. The van der Waals surface area contributed by atoms with Crippen LogP contribution in [0, 0.1) is 5.92 Å². The van der Waals surface area contributed by atoms with E-state index in [0.717, 1.165) is 29.7 Å². The lowest BCUT2D eigenvalue weighted by atomic mass is 9.90. The molecule has 24 heavy (non-hydrogen) atoms. The minimum atomic E-state index is -0.501. The average molecular weight is 348 g/mol. The Morgan fingerprint density at radius 3 is 2.33 bits per heavy atom. The first kappa shape index (κ1) is 18.8. The van der Waals surface area contributed by atoms with E-state index in [9.17, 15) is 5.11 Å². The van der Waals surface area contributed by atoms with Gasteiger partial charge in [0.05, 0.1) is 12.1 Å². The second kappa shape index (κ2) is 9.07. The van der Waals surface area contributed by atoms with Gasteiger partial charge in [0.25, 0.3) is 0 Å². The minimum absolute atomic E-state index is 0. The molecule has 3 N–H and O–H groups in total. The minimum Gasteiger partial charge on any atom is -0.489 e. The molecule has 2 atom stereocenters. The molecule has 1 saturated carbocycles. The number of nitrogens with two attached hydrogens (primary N) is 1. The van der Waals surface area contributed by atoms with Gasteiger partial charge in [0.15, 0.2) is 0 Å². The molecular formula is C20H26ClNO2. The van der Waals surface area contributed by atoms with Gasteiger partial charge in [-0.15, -0.1) is 12.4 Å². The zero-order chi connectivity index (χ0) is 16.1. The Morgan fingerprint density at radius 1 is 1.00 bits per heavy atom. The van der Waals surface area contributed by atoms with Crippen molar-refractivity contribution in [2.24, 2.45) is 11.7 Å². The predicted molar refractivity (Wildman–Crippen MR) is 99.4 cm³/mol. The van der Waals surface area contributed by atoms with Crippen LogP contribution in [0.15, 0.2) is 54.6 Å². The van der Waals surface area contributed by atoms with E-state index in [-0.39, 0.29) is 12.4 Å². The Balaban J connectivity index is 0.00000208. The predicted octanol–water partition coefficient (Wildman–Crippen LogP) is 4.24. The summed E-state index contributed by atoms with van der Waals surface area (Å²) in [6.45, 7) is 0.504. The van der Waals surface area contributed by atoms with Crippen molar-refractivity contribution in [1.82, 2.24) is 0 Å². The monoisotopic (exact) mass is 347 g/mol. The Labute approximate surface area is 150 Å². The van der Waals surface area contributed by atoms with Crippen LogP contribution in [0.25, 0.3) is 0 Å². The standard InChI is InChI=1S/C20H25NO2.ClH/c21-19(20(22)16-10-4-5-11-16)17-12-6-7-13-18(17)23-14-15-8-2-1-3-9-15;/h1-3,6-9,12-13,16,19-20,22H,4-5,10-11,14,21H2;1H/t19-,20+;/m1./s1. The molecular weight excluding hydrogens is 322 g/mol. The Morgan fingerprint density at radius 2 is 1.62 bits per heavy atom. The van der Waals surface area contributed by atoms with Gasteiger partial charge in [-0.25, -0.2) is 0 Å². The van der Waals surface area contributed by atoms with E-state index in [2.05, 4.69) is 0 Å². The van der Waals surface area contributed by atoms with E-state index in [1.807, 2.05) is 54.6 Å². The number of ether oxygens (including phenoxy) is 1. The van der Waals surface area contributed by atoms with Crippen LogP contribution >= 0.6 is 12.4 Å². The van der Waals surface area contributed by atoms with Gasteiger partial charge >= 0.3 is 0 Å². The van der Waals surface area contributed by atoms with Crippen molar-refractivity contribution in [1.29, 1.82) is 0 Å². The fraction of sp³-hybridized carbons (Fsp3) is 0.400. The maximum Gasteiger partial charge on any atom is 0.124 e. The lowest BCUT2D eigenvalue weighted by molar-refractivity contribution is 0.0832. The molecule has 3 nitrogen and oxygen atoms in total. The number of halogens is 1. The number of para-hydroxylation sites is 1. The molecule has 2 aromatic rings. The topological polar surface area (TPSA) is 55.5 Å². The summed E-state index contributed by atoms with van der Waals surface area (Å²) in [4.78, 5) is 0. The average Bonchev–Trinajstić information content (AvgIpc) is 3.14. The first-order chi connectivity index (χ1) is 11.3. The Bertz CT molecular complexity index is 614. The number of hydrogen-bond donors (Lipinski definition) is 2. The maximum atomic E-state index is 10.6. The molecule has 0 aromatic heterocycles. The van der Waals surface area contributed by atoms with Crippen molar-refractivity contribution in [2.45, 2.75) is 44.4 Å². The van der Waals surface area contributed by atoms with Gasteiger partial charge in [0.2, 0.25) is 0 Å². The zero-order valence-corrected chi connectivity index (χ0v) is 14.6. The van der Waals surface area contributed by atoms with Gasteiger partial charge in [-0.3, -0.25) is 0 Å². The second-order valence-electron chi connectivity index (χ2n) is 6.37. The molecule has 1 aliphatic carbocycles. The lowest BCUT2D eigenvalue weighted by Gasteiger charge is -2.26. The molecule has 0 aliphatic heterocycles. The van der Waals surface area contributed by atoms with Gasteiger partial charge in [-0.05, 0) is 30.4 Å². The maximum absolute atomic E-state index is 10.6. The molecule has 4 heteroatoms. The van der Waals surface area contributed by atoms with E-state index in [4.69, 9.17) is 10.5 Å². The van der Waals surface area contributed by atoms with Crippen molar-refractivity contribution in [3.63, 3.8) is 0 Å². The quantitative estimate of drug-likeness (QED) is 0.821. The van der Waals surface area contributed by atoms with Gasteiger partial charge in [-0.2, -0.15) is 0 Å². The van der Waals surface area contributed by atoms with Crippen LogP contribution < -0.4 is 10.5 Å². The zero-order valence-electron chi connectivity index (χ0n) is 13.8. The van der Waals surface area contributed by atoms with Crippen LogP contribution in [-0.2, 0) is 6.61 Å². The molecule has 0 amide bonds. The fourth-order valence-electron chi connectivity index (χ4n) is 3.40. The summed E-state index contributed by atoms with van der Waals surface area (Å²) < 4.78 is 5.97. The Hall–Kier alpha value is -1.55. The van der Waals surface area contributed by atoms with Crippen molar-refractivity contribution >= 4 is 12.4 Å². The third-order valence-corrected chi connectivity index (χ3v) is 4.77. The summed E-state index contributed by atoms with van der Waals surface area (Å²) in [5, 5.41) is 10.6. The summed E-state index contributed by atoms with van der Waals surface area (Å²) in [5.41, 5.74) is 8.37. The van der Waals surface area contributed by atoms with E-state index in [1.165, 1.54) is 12.8 Å². The third-order valence-electron chi connectivity index (χ3n) is 4.77. The number of aliphatic hydroxyl groups is 1. The first-order valence-corrected chi connectivity index (χ1v) is 8.45. The molecule has 0 bridgehead atoms. The molecule has 0 unspecified atom stereocenters. The summed E-state index contributed by atoms with van der Waals surface area (Å²) in [7, 11) is 0. The highest BCUT2D eigenvalue weighted by atomic mass is 35.5. The Kier molecular flexibility index (Phi) is 7.10. The van der Waals surface area contributed by atoms with Crippen LogP contribution in [0.3, 0.4) is 0 Å². The van der Waals surface area contributed by atoms with Crippen molar-refractivity contribution < 1.29 is 9.84 Å². The molecule has 0 heterocycles. The number of benzene rings is 2. The smallest absolute Gasteiger partial charge is 0.124 e. The first-order valence-electron chi connectivity index (χ1n) is 8.45. The SMILES string of the molecule is Cl.N[C@H](c1ccccc1OCc1ccccc1)[C@@H](O)C1CCCC1. The van der Waals surface area contributed by atoms with Crippen LogP contribution in [0.5, 0.6) is 5.75 Å². The van der Waals surface area contributed by atoms with Gasteiger partial charge in [-0.1, -0.05) is 61.4 Å². The highest BCUT2D eigenvalue weighted by Crippen LogP contribution is 2.35. The van der Waals surface area contributed by atoms with E-state index >= 15 is 0 Å². The summed E-state index contributed by atoms with van der Waals surface area (Å²) in [5.74, 6) is 1.08. The van der Waals surface area contributed by atoms with Crippen LogP contribution in [0.1, 0.15) is 42.9 Å². The van der Waals surface area contributed by atoms with Gasteiger partial charge in [0, 0.05) is 5.56 Å². The molecule has 1 aliphatic rings. The molecule has 0 radical (unpaired) electrons. The lowest BCUT2D eigenvalue weighted by Crippen LogP contribution is -2.32. The van der Waals surface area contributed by atoms with Crippen molar-refractivity contribution in [3.8, 4) is 5.75 Å². The normalized spacial score (nSPS) is 17.1. The van der Waals surface area contributed by atoms with Crippen LogP contribution in [-0.4, -0.2) is 11.2 Å². The van der Waals surface area contributed by atoms with E-state index < -0.39 is 12.1 Å². The molecule has 3 rings (SSSR count). The number of rotatable bonds is 6. The van der Waals surface area contributed by atoms with Gasteiger partial charge < -0.3 is 15.6 Å². The van der Waals surface area contributed by atoms with E-state index in [1.54, 1.807) is 0 Å². The second-order valence-corrected chi connectivity index (χ2v) is 6.37. The van der Waals surface area contributed by atoms with Gasteiger partial charge in [0.1, 0.15) is 12.4 Å². The van der Waals surface area contributed by atoms with Crippen molar-refractivity contribution in [2.75, 3.05) is 0 Å².